The highest BCUT2D eigenvalue weighted by molar-refractivity contribution is 5.24. The molecule has 4 rings (SSSR count). The number of hydrogen-bond acceptors (Lipinski definition) is 3. The molecule has 3 heterocycles. The second kappa shape index (κ2) is 8.49. The molecule has 2 aliphatic rings. The molecular formula is C23H30FN3. The molecule has 0 spiro atoms. The van der Waals surface area contributed by atoms with Gasteiger partial charge >= 0.3 is 0 Å². The summed E-state index contributed by atoms with van der Waals surface area (Å²) in [7, 11) is 2.22. The second-order valence-corrected chi connectivity index (χ2v) is 8.35. The Morgan fingerprint density at radius 2 is 1.70 bits per heavy atom. The molecule has 2 saturated heterocycles. The van der Waals surface area contributed by atoms with Crippen LogP contribution in [-0.4, -0.2) is 48.0 Å². The molecule has 0 amide bonds. The van der Waals surface area contributed by atoms with Crippen molar-refractivity contribution in [2.24, 2.45) is 0 Å². The molecule has 2 unspecified atom stereocenters. The van der Waals surface area contributed by atoms with Gasteiger partial charge in [-0.1, -0.05) is 18.2 Å². The zero-order valence-electron chi connectivity index (χ0n) is 16.3. The summed E-state index contributed by atoms with van der Waals surface area (Å²) >= 11 is 0. The van der Waals surface area contributed by atoms with E-state index in [1.807, 2.05) is 18.3 Å². The molecule has 2 aromatic rings. The Hall–Kier alpha value is -1.78. The van der Waals surface area contributed by atoms with Gasteiger partial charge in [-0.25, -0.2) is 4.39 Å². The maximum atomic E-state index is 13.2. The molecule has 4 heteroatoms. The minimum Gasteiger partial charge on any atom is -0.306 e. The fraction of sp³-hybridized carbons (Fsp3) is 0.522. The standard InChI is InChI=1S/C23H30FN3/c1-26-10-2-4-20(16-26)22-12-18(13-25-14-22)15-27-11-3-5-21(17-27)19-6-8-23(24)9-7-19/h6-9,12-14,20-21H,2-5,10-11,15-17H2,1H3. The highest BCUT2D eigenvalue weighted by Gasteiger charge is 2.23. The number of likely N-dealkylation sites (N-methyl/N-ethyl adjacent to an activating group) is 1. The number of halogens is 1. The number of piperidine rings is 2. The van der Waals surface area contributed by atoms with E-state index in [-0.39, 0.29) is 5.82 Å². The number of hydrogen-bond donors (Lipinski definition) is 0. The number of pyridine rings is 1. The Morgan fingerprint density at radius 3 is 2.48 bits per heavy atom. The van der Waals surface area contributed by atoms with E-state index in [4.69, 9.17) is 0 Å². The summed E-state index contributed by atoms with van der Waals surface area (Å²) in [4.78, 5) is 9.51. The van der Waals surface area contributed by atoms with Crippen LogP contribution in [0, 0.1) is 5.82 Å². The molecule has 0 saturated carbocycles. The molecule has 2 atom stereocenters. The van der Waals surface area contributed by atoms with Crippen molar-refractivity contribution in [3.8, 4) is 0 Å². The summed E-state index contributed by atoms with van der Waals surface area (Å²) in [6.45, 7) is 5.49. The lowest BCUT2D eigenvalue weighted by Crippen LogP contribution is -2.34. The topological polar surface area (TPSA) is 19.4 Å². The molecule has 1 aromatic heterocycles. The normalized spacial score (nSPS) is 24.8. The summed E-state index contributed by atoms with van der Waals surface area (Å²) in [5.41, 5.74) is 3.98. The van der Waals surface area contributed by atoms with Crippen LogP contribution in [0.25, 0.3) is 0 Å². The minimum absolute atomic E-state index is 0.150. The van der Waals surface area contributed by atoms with E-state index in [1.54, 1.807) is 12.1 Å². The van der Waals surface area contributed by atoms with E-state index >= 15 is 0 Å². The lowest BCUT2D eigenvalue weighted by molar-refractivity contribution is 0.200. The zero-order valence-corrected chi connectivity index (χ0v) is 16.3. The van der Waals surface area contributed by atoms with Gasteiger partial charge in [-0.2, -0.15) is 0 Å². The van der Waals surface area contributed by atoms with Gasteiger partial charge in [0, 0.05) is 32.0 Å². The van der Waals surface area contributed by atoms with Crippen molar-refractivity contribution < 1.29 is 4.39 Å². The van der Waals surface area contributed by atoms with Crippen LogP contribution in [0.4, 0.5) is 4.39 Å². The quantitative estimate of drug-likeness (QED) is 0.798. The third kappa shape index (κ3) is 4.74. The summed E-state index contributed by atoms with van der Waals surface area (Å²) in [6, 6.07) is 9.45. The maximum absolute atomic E-state index is 13.2. The summed E-state index contributed by atoms with van der Waals surface area (Å²) in [6.07, 6.45) is 9.02. The predicted molar refractivity (Wildman–Crippen MR) is 107 cm³/mol. The van der Waals surface area contributed by atoms with Crippen molar-refractivity contribution in [1.29, 1.82) is 0 Å². The first-order chi connectivity index (χ1) is 13.2. The van der Waals surface area contributed by atoms with Gasteiger partial charge in [0.15, 0.2) is 0 Å². The molecule has 27 heavy (non-hydrogen) atoms. The Kier molecular flexibility index (Phi) is 5.84. The van der Waals surface area contributed by atoms with Crippen LogP contribution in [0.15, 0.2) is 42.7 Å². The fourth-order valence-electron chi connectivity index (χ4n) is 4.72. The van der Waals surface area contributed by atoms with Gasteiger partial charge in [0.2, 0.25) is 0 Å². The number of nitrogens with zero attached hydrogens (tertiary/aromatic N) is 3. The van der Waals surface area contributed by atoms with E-state index in [2.05, 4.69) is 34.1 Å². The van der Waals surface area contributed by atoms with Crippen LogP contribution < -0.4 is 0 Å². The van der Waals surface area contributed by atoms with Crippen LogP contribution >= 0.6 is 0 Å². The van der Waals surface area contributed by atoms with Gasteiger partial charge in [-0.3, -0.25) is 9.88 Å². The Labute approximate surface area is 162 Å². The number of rotatable bonds is 4. The first kappa shape index (κ1) is 18.6. The molecule has 3 nitrogen and oxygen atoms in total. The first-order valence-electron chi connectivity index (χ1n) is 10.3. The van der Waals surface area contributed by atoms with Gasteiger partial charge in [-0.15, -0.1) is 0 Å². The number of aromatic nitrogens is 1. The Bertz CT molecular complexity index is 746. The average Bonchev–Trinajstić information content (AvgIpc) is 2.69. The van der Waals surface area contributed by atoms with Gasteiger partial charge in [0.05, 0.1) is 0 Å². The Balaban J connectivity index is 1.41. The number of likely N-dealkylation sites (tertiary alicyclic amines) is 2. The van der Waals surface area contributed by atoms with Crippen molar-refractivity contribution in [2.75, 3.05) is 33.2 Å². The minimum atomic E-state index is -0.150. The van der Waals surface area contributed by atoms with E-state index in [0.29, 0.717) is 11.8 Å². The lowest BCUT2D eigenvalue weighted by atomic mass is 9.90. The smallest absolute Gasteiger partial charge is 0.123 e. The third-order valence-electron chi connectivity index (χ3n) is 6.17. The molecule has 0 aliphatic carbocycles. The van der Waals surface area contributed by atoms with Gasteiger partial charge < -0.3 is 4.90 Å². The van der Waals surface area contributed by atoms with E-state index in [9.17, 15) is 4.39 Å². The highest BCUT2D eigenvalue weighted by atomic mass is 19.1. The Morgan fingerprint density at radius 1 is 0.963 bits per heavy atom. The first-order valence-corrected chi connectivity index (χ1v) is 10.3. The van der Waals surface area contributed by atoms with Crippen molar-refractivity contribution in [3.63, 3.8) is 0 Å². The van der Waals surface area contributed by atoms with Crippen molar-refractivity contribution in [2.45, 2.75) is 44.1 Å². The van der Waals surface area contributed by atoms with Gasteiger partial charge in [0.25, 0.3) is 0 Å². The highest BCUT2D eigenvalue weighted by Crippen LogP contribution is 2.29. The largest absolute Gasteiger partial charge is 0.306 e. The SMILES string of the molecule is CN1CCCC(c2cncc(CN3CCCC(c4ccc(F)cc4)C3)c2)C1. The second-order valence-electron chi connectivity index (χ2n) is 8.35. The summed E-state index contributed by atoms with van der Waals surface area (Å²) < 4.78 is 13.2. The van der Waals surface area contributed by atoms with Gasteiger partial charge in [0.1, 0.15) is 5.82 Å². The monoisotopic (exact) mass is 367 g/mol. The molecule has 0 N–H and O–H groups in total. The van der Waals surface area contributed by atoms with Crippen LogP contribution in [0.5, 0.6) is 0 Å². The molecule has 1 aromatic carbocycles. The third-order valence-corrected chi connectivity index (χ3v) is 6.17. The fourth-order valence-corrected chi connectivity index (χ4v) is 4.72. The molecular weight excluding hydrogens is 337 g/mol. The molecule has 2 fully saturated rings. The molecule has 0 radical (unpaired) electrons. The van der Waals surface area contributed by atoms with Crippen LogP contribution in [0.2, 0.25) is 0 Å². The summed E-state index contributed by atoms with van der Waals surface area (Å²) in [5, 5.41) is 0. The zero-order chi connectivity index (χ0) is 18.6. The number of benzene rings is 1. The summed E-state index contributed by atoms with van der Waals surface area (Å²) in [5.74, 6) is 0.967. The van der Waals surface area contributed by atoms with Gasteiger partial charge in [-0.05, 0) is 86.5 Å². The van der Waals surface area contributed by atoms with Crippen molar-refractivity contribution >= 4 is 0 Å². The lowest BCUT2D eigenvalue weighted by Gasteiger charge is -2.33. The van der Waals surface area contributed by atoms with Crippen molar-refractivity contribution in [1.82, 2.24) is 14.8 Å². The van der Waals surface area contributed by atoms with Crippen LogP contribution in [0.1, 0.15) is 54.2 Å². The average molecular weight is 368 g/mol. The molecule has 0 bridgehead atoms. The van der Waals surface area contributed by atoms with E-state index < -0.39 is 0 Å². The predicted octanol–water partition coefficient (Wildman–Crippen LogP) is 4.41. The van der Waals surface area contributed by atoms with E-state index in [0.717, 1.165) is 26.2 Å². The van der Waals surface area contributed by atoms with Crippen LogP contribution in [0.3, 0.4) is 0 Å². The maximum Gasteiger partial charge on any atom is 0.123 e. The van der Waals surface area contributed by atoms with Crippen LogP contribution in [-0.2, 0) is 6.54 Å². The van der Waals surface area contributed by atoms with E-state index in [1.165, 1.54) is 48.9 Å². The molecule has 144 valence electrons. The molecule has 2 aliphatic heterocycles. The van der Waals surface area contributed by atoms with Crippen molar-refractivity contribution in [3.05, 3.63) is 65.2 Å².